The molecule has 1 aliphatic rings. The van der Waals surface area contributed by atoms with Crippen LogP contribution in [0.15, 0.2) is 94.4 Å². The second-order valence-corrected chi connectivity index (χ2v) is 17.7. The highest BCUT2D eigenvalue weighted by molar-refractivity contribution is 7.89. The van der Waals surface area contributed by atoms with Crippen LogP contribution in [0.2, 0.25) is 0 Å². The van der Waals surface area contributed by atoms with Crippen LogP contribution < -0.4 is 5.32 Å². The maximum absolute atomic E-state index is 14.4. The summed E-state index contributed by atoms with van der Waals surface area (Å²) in [5.74, 6) is -0.515. The number of nitrogens with one attached hydrogen (secondary N) is 1. The number of aliphatic hydroxyl groups is 1. The SMILES string of the molecule is CC(C)CN(C[C@@H](O)[C@H](Cc1ccccc1)NC(=O)[C@@H](N1CCN(Cc2csc(-c3ccccn3)n2)C1=O)C(C)(C)C)S(=O)(=O)c1ccc(C=NO)cc1. The van der Waals surface area contributed by atoms with Crippen molar-refractivity contribution in [2.24, 2.45) is 16.5 Å². The molecule has 3 amide bonds. The third kappa shape index (κ3) is 10.1. The van der Waals surface area contributed by atoms with Gasteiger partial charge in [-0.05, 0) is 53.1 Å². The van der Waals surface area contributed by atoms with Crippen molar-refractivity contribution in [3.8, 4) is 10.7 Å². The number of benzene rings is 2. The average molecular weight is 776 g/mol. The molecule has 0 bridgehead atoms. The van der Waals surface area contributed by atoms with Crippen molar-refractivity contribution in [1.82, 2.24) is 29.4 Å². The largest absolute Gasteiger partial charge is 0.411 e. The van der Waals surface area contributed by atoms with Crippen LogP contribution >= 0.6 is 11.3 Å². The Hall–Kier alpha value is -4.70. The van der Waals surface area contributed by atoms with Gasteiger partial charge in [-0.1, -0.05) is 88.3 Å². The second-order valence-electron chi connectivity index (χ2n) is 14.9. The smallest absolute Gasteiger partial charge is 0.321 e. The summed E-state index contributed by atoms with van der Waals surface area (Å²) in [5.41, 5.74) is 2.15. The van der Waals surface area contributed by atoms with Gasteiger partial charge in [0.25, 0.3) is 0 Å². The number of amides is 3. The molecule has 3 heterocycles. The highest BCUT2D eigenvalue weighted by atomic mass is 32.2. The highest BCUT2D eigenvalue weighted by Gasteiger charge is 2.44. The molecule has 1 saturated heterocycles. The molecular formula is C39H49N7O6S2. The quantitative estimate of drug-likeness (QED) is 0.0803. The molecule has 0 radical (unpaired) electrons. The van der Waals surface area contributed by atoms with Gasteiger partial charge in [0.05, 0.1) is 41.2 Å². The van der Waals surface area contributed by atoms with Crippen LogP contribution in [0.25, 0.3) is 10.7 Å². The summed E-state index contributed by atoms with van der Waals surface area (Å²) in [6, 6.07) is 18.8. The lowest BCUT2D eigenvalue weighted by Crippen LogP contribution is -2.59. The van der Waals surface area contributed by atoms with Gasteiger partial charge in [-0.25, -0.2) is 18.2 Å². The number of hydrogen-bond donors (Lipinski definition) is 3. The van der Waals surface area contributed by atoms with Gasteiger partial charge in [-0.3, -0.25) is 9.78 Å². The number of carbonyl (C=O) groups is 2. The first-order valence-corrected chi connectivity index (χ1v) is 20.2. The fourth-order valence-electron chi connectivity index (χ4n) is 6.54. The van der Waals surface area contributed by atoms with Crippen LogP contribution in [0.1, 0.15) is 51.4 Å². The van der Waals surface area contributed by atoms with Crippen LogP contribution in [0.3, 0.4) is 0 Å². The minimum absolute atomic E-state index is 0.0181. The number of urea groups is 1. The average Bonchev–Trinajstić information content (AvgIpc) is 3.74. The summed E-state index contributed by atoms with van der Waals surface area (Å²) < 4.78 is 29.1. The summed E-state index contributed by atoms with van der Waals surface area (Å²) in [7, 11) is -4.08. The first-order chi connectivity index (χ1) is 25.7. The fourth-order valence-corrected chi connectivity index (χ4v) is 8.95. The van der Waals surface area contributed by atoms with Gasteiger partial charge in [0.1, 0.15) is 11.0 Å². The number of nitrogens with zero attached hydrogens (tertiary/aromatic N) is 6. The molecule has 1 fully saturated rings. The molecule has 54 heavy (non-hydrogen) atoms. The summed E-state index contributed by atoms with van der Waals surface area (Å²) in [6.45, 7) is 10.3. The third-order valence-electron chi connectivity index (χ3n) is 9.07. The standard InChI is InChI=1S/C39H49N7O6S2/c1-27(2)23-45(54(51,52)31-16-14-29(15-17-31)22-41-50)25-34(47)33(21-28-11-7-6-8-12-28)43-36(48)35(39(3,4)5)46-20-19-44(38(46)49)24-30-26-53-37(42-30)32-13-9-10-18-40-32/h6-18,22,26-27,33-35,47,50H,19-21,23-25H2,1-5H3,(H,43,48)/t33-,34+,35+/m0/s1. The molecule has 2 aromatic carbocycles. The van der Waals surface area contributed by atoms with Gasteiger partial charge in [0.15, 0.2) is 0 Å². The summed E-state index contributed by atoms with van der Waals surface area (Å²) in [6.07, 6.45) is 1.81. The van der Waals surface area contributed by atoms with Crippen molar-refractivity contribution in [1.29, 1.82) is 0 Å². The number of carbonyl (C=O) groups excluding carboxylic acids is 2. The van der Waals surface area contributed by atoms with E-state index >= 15 is 0 Å². The van der Waals surface area contributed by atoms with Crippen molar-refractivity contribution in [2.75, 3.05) is 26.2 Å². The molecule has 0 spiro atoms. The number of oxime groups is 1. The Morgan fingerprint density at radius 2 is 1.74 bits per heavy atom. The van der Waals surface area contributed by atoms with Crippen LogP contribution in [-0.4, -0.2) is 105 Å². The lowest BCUT2D eigenvalue weighted by atomic mass is 9.84. The van der Waals surface area contributed by atoms with Gasteiger partial charge >= 0.3 is 6.03 Å². The number of aromatic nitrogens is 2. The normalized spacial score (nSPS) is 15.7. The number of thiazole rings is 1. The van der Waals surface area contributed by atoms with E-state index in [2.05, 4.69) is 15.5 Å². The van der Waals surface area contributed by atoms with E-state index in [1.165, 1.54) is 46.1 Å². The molecule has 13 nitrogen and oxygen atoms in total. The summed E-state index contributed by atoms with van der Waals surface area (Å²) >= 11 is 1.46. The fraction of sp³-hybridized carbons (Fsp3) is 0.410. The van der Waals surface area contributed by atoms with Crippen molar-refractivity contribution < 1.29 is 28.3 Å². The number of sulfonamides is 1. The Labute approximate surface area is 321 Å². The van der Waals surface area contributed by atoms with Crippen LogP contribution in [0, 0.1) is 11.3 Å². The zero-order valence-corrected chi connectivity index (χ0v) is 32.9. The number of rotatable bonds is 16. The molecule has 0 aliphatic carbocycles. The molecule has 2 aromatic heterocycles. The van der Waals surface area contributed by atoms with E-state index in [1.807, 2.05) is 88.5 Å². The van der Waals surface area contributed by atoms with Gasteiger partial charge in [0, 0.05) is 37.8 Å². The minimum atomic E-state index is -4.08. The molecule has 15 heteroatoms. The Bertz CT molecular complexity index is 1980. The Morgan fingerprint density at radius 3 is 2.37 bits per heavy atom. The van der Waals surface area contributed by atoms with Crippen molar-refractivity contribution in [3.05, 3.63) is 101 Å². The molecule has 288 valence electrons. The van der Waals surface area contributed by atoms with Crippen LogP contribution in [0.5, 0.6) is 0 Å². The molecule has 3 atom stereocenters. The monoisotopic (exact) mass is 775 g/mol. The van der Waals surface area contributed by atoms with E-state index in [4.69, 9.17) is 10.2 Å². The Morgan fingerprint density at radius 1 is 1.04 bits per heavy atom. The molecule has 5 rings (SSSR count). The minimum Gasteiger partial charge on any atom is -0.411 e. The summed E-state index contributed by atoms with van der Waals surface area (Å²) in [4.78, 5) is 40.7. The lowest BCUT2D eigenvalue weighted by Gasteiger charge is -2.38. The maximum Gasteiger partial charge on any atom is 0.321 e. The van der Waals surface area contributed by atoms with Gasteiger partial charge in [-0.2, -0.15) is 4.31 Å². The number of pyridine rings is 1. The zero-order chi connectivity index (χ0) is 39.0. The van der Waals surface area contributed by atoms with E-state index in [0.717, 1.165) is 22.0 Å². The molecular weight excluding hydrogens is 727 g/mol. The maximum atomic E-state index is 14.4. The molecule has 0 unspecified atom stereocenters. The predicted octanol–water partition coefficient (Wildman–Crippen LogP) is 5.10. The first-order valence-electron chi connectivity index (χ1n) is 17.9. The van der Waals surface area contributed by atoms with E-state index < -0.39 is 39.5 Å². The van der Waals surface area contributed by atoms with Gasteiger partial charge < -0.3 is 25.4 Å². The van der Waals surface area contributed by atoms with Crippen LogP contribution in [0.4, 0.5) is 4.79 Å². The molecule has 4 aromatic rings. The third-order valence-corrected chi connectivity index (χ3v) is 11.8. The zero-order valence-electron chi connectivity index (χ0n) is 31.2. The van der Waals surface area contributed by atoms with Crippen molar-refractivity contribution in [2.45, 2.75) is 70.7 Å². The Kier molecular flexibility index (Phi) is 13.2. The Balaban J connectivity index is 1.36. The summed E-state index contributed by atoms with van der Waals surface area (Å²) in [5, 5.41) is 29.4. The first kappa shape index (κ1) is 40.5. The van der Waals surface area contributed by atoms with E-state index in [0.29, 0.717) is 18.7 Å². The molecule has 0 saturated carbocycles. The van der Waals surface area contributed by atoms with Crippen LogP contribution in [-0.2, 0) is 27.8 Å². The number of hydrogen-bond acceptors (Lipinski definition) is 10. The van der Waals surface area contributed by atoms with Crippen molar-refractivity contribution in [3.63, 3.8) is 0 Å². The molecule has 1 aliphatic heterocycles. The second kappa shape index (κ2) is 17.6. The van der Waals surface area contributed by atoms with Gasteiger partial charge in [-0.15, -0.1) is 11.3 Å². The lowest BCUT2D eigenvalue weighted by molar-refractivity contribution is -0.130. The van der Waals surface area contributed by atoms with E-state index in [-0.39, 0.29) is 42.9 Å². The topological polar surface area (TPSA) is 169 Å². The van der Waals surface area contributed by atoms with Crippen molar-refractivity contribution >= 4 is 39.5 Å². The van der Waals surface area contributed by atoms with E-state index in [1.54, 1.807) is 16.0 Å². The van der Waals surface area contributed by atoms with Gasteiger partial charge in [0.2, 0.25) is 15.9 Å². The van der Waals surface area contributed by atoms with E-state index in [9.17, 15) is 23.1 Å². The molecule has 3 N–H and O–H groups in total. The predicted molar refractivity (Wildman–Crippen MR) is 209 cm³/mol. The number of aliphatic hydroxyl groups excluding tert-OH is 1. The highest BCUT2D eigenvalue weighted by Crippen LogP contribution is 2.30.